The van der Waals surface area contributed by atoms with Crippen LogP contribution in [0.5, 0.6) is 0 Å². The second-order valence-corrected chi connectivity index (χ2v) is 4.79. The number of hydrogen-bond donors (Lipinski definition) is 1. The van der Waals surface area contributed by atoms with Gasteiger partial charge in [-0.25, -0.2) is 4.98 Å². The minimum absolute atomic E-state index is 0.0577. The Labute approximate surface area is 109 Å². The van der Waals surface area contributed by atoms with Crippen molar-refractivity contribution in [2.75, 3.05) is 23.7 Å². The predicted molar refractivity (Wildman–Crippen MR) is 65.9 cm³/mol. The summed E-state index contributed by atoms with van der Waals surface area (Å²) in [4.78, 5) is 5.43. The van der Waals surface area contributed by atoms with Crippen LogP contribution in [0.15, 0.2) is 12.3 Å². The number of nitrogen functional groups attached to an aromatic ring is 1. The van der Waals surface area contributed by atoms with E-state index in [9.17, 15) is 13.2 Å². The third-order valence-corrected chi connectivity index (χ3v) is 2.98. The molecule has 2 heterocycles. The van der Waals surface area contributed by atoms with Gasteiger partial charge in [0.15, 0.2) is 0 Å². The topological polar surface area (TPSA) is 51.4 Å². The third-order valence-electron chi connectivity index (χ3n) is 2.98. The van der Waals surface area contributed by atoms with Crippen LogP contribution in [-0.4, -0.2) is 30.3 Å². The number of ether oxygens (including phenoxy) is 1. The average molecular weight is 275 g/mol. The molecule has 2 N–H and O–H groups in total. The van der Waals surface area contributed by atoms with Crippen LogP contribution in [0.2, 0.25) is 0 Å². The maximum atomic E-state index is 12.7. The zero-order valence-electron chi connectivity index (χ0n) is 10.7. The van der Waals surface area contributed by atoms with E-state index in [0.29, 0.717) is 18.8 Å². The van der Waals surface area contributed by atoms with E-state index in [1.54, 1.807) is 4.90 Å². The minimum Gasteiger partial charge on any atom is -0.382 e. The molecule has 0 aliphatic carbocycles. The summed E-state index contributed by atoms with van der Waals surface area (Å²) in [7, 11) is 0. The molecule has 1 fully saturated rings. The van der Waals surface area contributed by atoms with E-state index in [2.05, 4.69) is 4.98 Å². The van der Waals surface area contributed by atoms with Crippen molar-refractivity contribution >= 4 is 11.5 Å². The summed E-state index contributed by atoms with van der Waals surface area (Å²) < 4.78 is 43.6. The fourth-order valence-electron chi connectivity index (χ4n) is 2.25. The number of nitrogens with two attached hydrogens (primary N) is 1. The van der Waals surface area contributed by atoms with Gasteiger partial charge in [-0.05, 0) is 19.9 Å². The van der Waals surface area contributed by atoms with Crippen molar-refractivity contribution in [3.63, 3.8) is 0 Å². The molecule has 0 radical (unpaired) electrons. The standard InChI is InChI=1S/C12H16F3N3O/c1-7-5-18(6-8(2)19-7)10-3-9(12(13,14)15)4-17-11(10)16/h3-4,7-8H,5-6H2,1-2H3,(H2,16,17). The molecule has 7 heteroatoms. The van der Waals surface area contributed by atoms with Crippen molar-refractivity contribution < 1.29 is 17.9 Å². The molecular weight excluding hydrogens is 259 g/mol. The molecule has 4 nitrogen and oxygen atoms in total. The summed E-state index contributed by atoms with van der Waals surface area (Å²) in [5.74, 6) is 0.106. The van der Waals surface area contributed by atoms with Crippen molar-refractivity contribution in [1.82, 2.24) is 4.98 Å². The van der Waals surface area contributed by atoms with Crippen molar-refractivity contribution in [2.24, 2.45) is 0 Å². The van der Waals surface area contributed by atoms with Gasteiger partial charge < -0.3 is 15.4 Å². The van der Waals surface area contributed by atoms with E-state index in [0.717, 1.165) is 12.3 Å². The number of hydrogen-bond acceptors (Lipinski definition) is 4. The summed E-state index contributed by atoms with van der Waals surface area (Å²) in [6, 6.07) is 1.05. The molecule has 0 saturated carbocycles. The van der Waals surface area contributed by atoms with Crippen LogP contribution >= 0.6 is 0 Å². The Kier molecular flexibility index (Phi) is 3.58. The highest BCUT2D eigenvalue weighted by Crippen LogP contribution is 2.34. The SMILES string of the molecule is CC1CN(c2cc(C(F)(F)F)cnc2N)CC(C)O1. The van der Waals surface area contributed by atoms with Gasteiger partial charge in [0.05, 0.1) is 23.5 Å². The first-order valence-corrected chi connectivity index (χ1v) is 6.00. The number of rotatable bonds is 1. The Balaban J connectivity index is 2.33. The average Bonchev–Trinajstić information content (AvgIpc) is 2.26. The zero-order valence-corrected chi connectivity index (χ0v) is 10.7. The lowest BCUT2D eigenvalue weighted by Gasteiger charge is -2.37. The van der Waals surface area contributed by atoms with Crippen LogP contribution in [-0.2, 0) is 10.9 Å². The molecule has 0 amide bonds. The molecule has 19 heavy (non-hydrogen) atoms. The number of aromatic nitrogens is 1. The van der Waals surface area contributed by atoms with Gasteiger partial charge in [0.2, 0.25) is 0 Å². The number of anilines is 2. The quantitative estimate of drug-likeness (QED) is 0.854. The Morgan fingerprint density at radius 3 is 2.42 bits per heavy atom. The van der Waals surface area contributed by atoms with Crippen molar-refractivity contribution in [3.8, 4) is 0 Å². The van der Waals surface area contributed by atoms with Crippen molar-refractivity contribution in [1.29, 1.82) is 0 Å². The maximum absolute atomic E-state index is 12.7. The normalized spacial score (nSPS) is 24.6. The number of halogens is 3. The summed E-state index contributed by atoms with van der Waals surface area (Å²) in [5, 5.41) is 0. The van der Waals surface area contributed by atoms with Crippen molar-refractivity contribution in [3.05, 3.63) is 17.8 Å². The lowest BCUT2D eigenvalue weighted by Crippen LogP contribution is -2.45. The number of pyridine rings is 1. The summed E-state index contributed by atoms with van der Waals surface area (Å²) in [6.07, 6.45) is -3.78. The largest absolute Gasteiger partial charge is 0.417 e. The monoisotopic (exact) mass is 275 g/mol. The van der Waals surface area contributed by atoms with Crippen LogP contribution in [0.4, 0.5) is 24.7 Å². The molecule has 0 spiro atoms. The zero-order chi connectivity index (χ0) is 14.2. The first-order valence-electron chi connectivity index (χ1n) is 6.00. The van der Waals surface area contributed by atoms with E-state index in [1.165, 1.54) is 0 Å². The van der Waals surface area contributed by atoms with Gasteiger partial charge in [0, 0.05) is 19.3 Å². The summed E-state index contributed by atoms with van der Waals surface area (Å²) in [6.45, 7) is 4.74. The van der Waals surface area contributed by atoms with E-state index >= 15 is 0 Å². The fraction of sp³-hybridized carbons (Fsp3) is 0.583. The first kappa shape index (κ1) is 13.9. The predicted octanol–water partition coefficient (Wildman–Crippen LogP) is 2.30. The van der Waals surface area contributed by atoms with Gasteiger partial charge in [-0.1, -0.05) is 0 Å². The van der Waals surface area contributed by atoms with E-state index in [-0.39, 0.29) is 18.0 Å². The molecule has 1 aliphatic heterocycles. The van der Waals surface area contributed by atoms with Gasteiger partial charge in [0.1, 0.15) is 5.82 Å². The van der Waals surface area contributed by atoms with Gasteiger partial charge >= 0.3 is 6.18 Å². The molecule has 1 aromatic rings. The van der Waals surface area contributed by atoms with Gasteiger partial charge in [-0.2, -0.15) is 13.2 Å². The summed E-state index contributed by atoms with van der Waals surface area (Å²) >= 11 is 0. The van der Waals surface area contributed by atoms with Crippen LogP contribution in [0.25, 0.3) is 0 Å². The highest BCUT2D eigenvalue weighted by Gasteiger charge is 2.33. The second-order valence-electron chi connectivity index (χ2n) is 4.79. The van der Waals surface area contributed by atoms with E-state index < -0.39 is 11.7 Å². The molecule has 2 atom stereocenters. The van der Waals surface area contributed by atoms with Gasteiger partial charge in [-0.3, -0.25) is 0 Å². The third kappa shape index (κ3) is 3.09. The fourth-order valence-corrected chi connectivity index (χ4v) is 2.25. The molecular formula is C12H16F3N3O. The number of morpholine rings is 1. The van der Waals surface area contributed by atoms with Crippen LogP contribution < -0.4 is 10.6 Å². The Morgan fingerprint density at radius 2 is 1.89 bits per heavy atom. The van der Waals surface area contributed by atoms with Crippen LogP contribution in [0.1, 0.15) is 19.4 Å². The number of nitrogens with zero attached hydrogens (tertiary/aromatic N) is 2. The molecule has 2 unspecified atom stereocenters. The highest BCUT2D eigenvalue weighted by atomic mass is 19.4. The van der Waals surface area contributed by atoms with Gasteiger partial charge in [-0.15, -0.1) is 0 Å². The molecule has 1 aliphatic rings. The molecule has 0 bridgehead atoms. The highest BCUT2D eigenvalue weighted by molar-refractivity contribution is 5.64. The molecule has 1 saturated heterocycles. The van der Waals surface area contributed by atoms with Gasteiger partial charge in [0.25, 0.3) is 0 Å². The molecule has 1 aromatic heterocycles. The van der Waals surface area contributed by atoms with Crippen LogP contribution in [0.3, 0.4) is 0 Å². The smallest absolute Gasteiger partial charge is 0.382 e. The van der Waals surface area contributed by atoms with Crippen LogP contribution in [0, 0.1) is 0 Å². The van der Waals surface area contributed by atoms with E-state index in [1.807, 2.05) is 13.8 Å². The molecule has 0 aromatic carbocycles. The first-order chi connectivity index (χ1) is 8.77. The lowest BCUT2D eigenvalue weighted by molar-refractivity contribution is -0.137. The molecule has 2 rings (SSSR count). The Bertz CT molecular complexity index is 454. The summed E-state index contributed by atoms with van der Waals surface area (Å²) in [5.41, 5.74) is 5.22. The molecule has 106 valence electrons. The Morgan fingerprint density at radius 1 is 1.32 bits per heavy atom. The minimum atomic E-state index is -4.42. The Hall–Kier alpha value is -1.50. The van der Waals surface area contributed by atoms with Crippen molar-refractivity contribution in [2.45, 2.75) is 32.2 Å². The number of alkyl halides is 3. The van der Waals surface area contributed by atoms with E-state index in [4.69, 9.17) is 10.5 Å². The maximum Gasteiger partial charge on any atom is 0.417 e. The lowest BCUT2D eigenvalue weighted by atomic mass is 10.1. The second kappa shape index (κ2) is 4.88.